The number of halogens is 1. The second kappa shape index (κ2) is 7.11. The van der Waals surface area contributed by atoms with E-state index < -0.39 is 5.82 Å². The zero-order chi connectivity index (χ0) is 18.8. The highest BCUT2D eigenvalue weighted by molar-refractivity contribution is 5.95. The van der Waals surface area contributed by atoms with Crippen molar-refractivity contribution in [2.45, 2.75) is 19.6 Å². The molecule has 0 spiro atoms. The fraction of sp³-hybridized carbons (Fsp3) is 0.200. The number of fused-ring (bicyclic) bond motifs is 1. The Kier molecular flexibility index (Phi) is 4.50. The molecule has 1 aliphatic heterocycles. The number of ether oxygens (including phenoxy) is 1. The topological polar surface area (TPSA) is 81.6 Å². The minimum atomic E-state index is -0.531. The van der Waals surface area contributed by atoms with Crippen molar-refractivity contribution >= 4 is 11.6 Å². The number of amides is 1. The van der Waals surface area contributed by atoms with Crippen LogP contribution in [-0.4, -0.2) is 22.3 Å². The van der Waals surface area contributed by atoms with Crippen LogP contribution in [0.2, 0.25) is 0 Å². The molecule has 1 aliphatic rings. The number of carbonyl (C=O) groups is 1. The number of nitrogens with two attached hydrogens (primary N) is 1. The first-order valence-corrected chi connectivity index (χ1v) is 8.59. The second-order valence-corrected chi connectivity index (χ2v) is 6.33. The van der Waals surface area contributed by atoms with Gasteiger partial charge in [-0.1, -0.05) is 18.2 Å². The summed E-state index contributed by atoms with van der Waals surface area (Å²) in [5.41, 5.74) is 6.90. The van der Waals surface area contributed by atoms with Crippen molar-refractivity contribution in [3.8, 4) is 5.75 Å². The first-order valence-electron chi connectivity index (χ1n) is 8.59. The number of hydrogen-bond donors (Lipinski definition) is 1. The van der Waals surface area contributed by atoms with Crippen molar-refractivity contribution in [1.82, 2.24) is 9.88 Å². The number of carbonyl (C=O) groups excluding carboxylic acids is 1. The zero-order valence-electron chi connectivity index (χ0n) is 14.5. The third-order valence-electron chi connectivity index (χ3n) is 4.34. The zero-order valence-corrected chi connectivity index (χ0v) is 14.5. The molecular formula is C20H18FN3O3. The molecule has 2 heterocycles. The Bertz CT molecular complexity index is 952. The number of hydrogen-bond acceptors (Lipinski definition) is 5. The summed E-state index contributed by atoms with van der Waals surface area (Å²) >= 11 is 0. The highest BCUT2D eigenvalue weighted by Gasteiger charge is 2.26. The molecule has 0 radical (unpaired) electrons. The molecule has 0 unspecified atom stereocenters. The average molecular weight is 367 g/mol. The van der Waals surface area contributed by atoms with Crippen molar-refractivity contribution < 1.29 is 18.3 Å². The average Bonchev–Trinajstić information content (AvgIpc) is 3.08. The van der Waals surface area contributed by atoms with Crippen LogP contribution in [0.5, 0.6) is 5.75 Å². The number of aromatic nitrogens is 1. The Morgan fingerprint density at radius 1 is 1.26 bits per heavy atom. The predicted molar refractivity (Wildman–Crippen MR) is 96.5 cm³/mol. The molecule has 138 valence electrons. The Balaban J connectivity index is 1.45. The monoisotopic (exact) mass is 367 g/mol. The standard InChI is InChI=1S/C20H18FN3O3/c21-14-8-13(9-15(22)10-14)20(25)24-7-6-17-18(11-24)27-19(23-17)12-26-16-4-2-1-3-5-16/h1-5,8-10H,6-7,11-12,22H2. The van der Waals surface area contributed by atoms with Gasteiger partial charge in [0, 0.05) is 24.2 Å². The fourth-order valence-electron chi connectivity index (χ4n) is 3.06. The molecule has 0 saturated heterocycles. The summed E-state index contributed by atoms with van der Waals surface area (Å²) in [7, 11) is 0. The lowest BCUT2D eigenvalue weighted by atomic mass is 10.1. The molecule has 0 fully saturated rings. The molecular weight excluding hydrogens is 349 g/mol. The van der Waals surface area contributed by atoms with Gasteiger partial charge < -0.3 is 19.8 Å². The Morgan fingerprint density at radius 3 is 2.85 bits per heavy atom. The van der Waals surface area contributed by atoms with Crippen LogP contribution in [0.15, 0.2) is 52.9 Å². The molecule has 6 nitrogen and oxygen atoms in total. The number of nitrogen functional groups attached to an aromatic ring is 1. The number of rotatable bonds is 4. The molecule has 1 amide bonds. The fourth-order valence-corrected chi connectivity index (χ4v) is 3.06. The van der Waals surface area contributed by atoms with Gasteiger partial charge in [-0.2, -0.15) is 0 Å². The van der Waals surface area contributed by atoms with Crippen molar-refractivity contribution in [3.05, 3.63) is 77.3 Å². The van der Waals surface area contributed by atoms with Gasteiger partial charge in [0.05, 0.1) is 12.2 Å². The van der Waals surface area contributed by atoms with Gasteiger partial charge in [-0.3, -0.25) is 4.79 Å². The summed E-state index contributed by atoms with van der Waals surface area (Å²) in [5, 5.41) is 0. The number of nitrogens with zero attached hydrogens (tertiary/aromatic N) is 2. The first-order chi connectivity index (χ1) is 13.1. The van der Waals surface area contributed by atoms with E-state index in [4.69, 9.17) is 14.9 Å². The largest absolute Gasteiger partial charge is 0.484 e. The van der Waals surface area contributed by atoms with Crippen LogP contribution in [0, 0.1) is 5.82 Å². The van der Waals surface area contributed by atoms with Crippen molar-refractivity contribution in [2.75, 3.05) is 12.3 Å². The third kappa shape index (κ3) is 3.76. The summed E-state index contributed by atoms with van der Waals surface area (Å²) in [6, 6.07) is 13.2. The van der Waals surface area contributed by atoms with E-state index in [2.05, 4.69) is 4.98 Å². The van der Waals surface area contributed by atoms with E-state index in [0.29, 0.717) is 24.6 Å². The smallest absolute Gasteiger partial charge is 0.254 e. The van der Waals surface area contributed by atoms with Gasteiger partial charge in [0.2, 0.25) is 5.89 Å². The summed E-state index contributed by atoms with van der Waals surface area (Å²) in [4.78, 5) is 18.7. The van der Waals surface area contributed by atoms with E-state index in [1.807, 2.05) is 30.3 Å². The summed E-state index contributed by atoms with van der Waals surface area (Å²) in [6.07, 6.45) is 0.570. The van der Waals surface area contributed by atoms with Gasteiger partial charge >= 0.3 is 0 Å². The van der Waals surface area contributed by atoms with Crippen molar-refractivity contribution in [1.29, 1.82) is 0 Å². The molecule has 2 N–H and O–H groups in total. The lowest BCUT2D eigenvalue weighted by Crippen LogP contribution is -2.35. The summed E-state index contributed by atoms with van der Waals surface area (Å²) in [6.45, 7) is 0.974. The van der Waals surface area contributed by atoms with Gasteiger partial charge in [-0.05, 0) is 30.3 Å². The SMILES string of the molecule is Nc1cc(F)cc(C(=O)N2CCc3nc(COc4ccccc4)oc3C2)c1. The Hall–Kier alpha value is -3.35. The molecule has 4 rings (SSSR count). The second-order valence-electron chi connectivity index (χ2n) is 6.33. The molecule has 0 saturated carbocycles. The maximum atomic E-state index is 13.5. The number of benzene rings is 2. The van der Waals surface area contributed by atoms with Crippen molar-refractivity contribution in [2.24, 2.45) is 0 Å². The van der Waals surface area contributed by atoms with Gasteiger partial charge in [0.1, 0.15) is 17.3 Å². The molecule has 0 atom stereocenters. The van der Waals surface area contributed by atoms with Crippen LogP contribution in [-0.2, 0) is 19.6 Å². The van der Waals surface area contributed by atoms with Crippen LogP contribution >= 0.6 is 0 Å². The van der Waals surface area contributed by atoms with Gasteiger partial charge in [0.15, 0.2) is 6.61 Å². The van der Waals surface area contributed by atoms with Crippen molar-refractivity contribution in [3.63, 3.8) is 0 Å². The summed E-state index contributed by atoms with van der Waals surface area (Å²) < 4.78 is 24.9. The molecule has 2 aromatic carbocycles. The van der Waals surface area contributed by atoms with Crippen LogP contribution in [0.4, 0.5) is 10.1 Å². The van der Waals surface area contributed by atoms with E-state index >= 15 is 0 Å². The number of anilines is 1. The molecule has 0 aliphatic carbocycles. The summed E-state index contributed by atoms with van der Waals surface area (Å²) in [5.74, 6) is 1.01. The molecule has 3 aromatic rings. The predicted octanol–water partition coefficient (Wildman–Crippen LogP) is 3.17. The van der Waals surface area contributed by atoms with Gasteiger partial charge in [-0.15, -0.1) is 0 Å². The van der Waals surface area contributed by atoms with Gasteiger partial charge in [0.25, 0.3) is 5.91 Å². The number of para-hydroxylation sites is 1. The van der Waals surface area contributed by atoms with E-state index in [0.717, 1.165) is 11.4 Å². The molecule has 0 bridgehead atoms. The maximum absolute atomic E-state index is 13.5. The van der Waals surface area contributed by atoms with E-state index in [-0.39, 0.29) is 30.3 Å². The minimum Gasteiger partial charge on any atom is -0.484 e. The first kappa shape index (κ1) is 17.1. The normalized spacial score (nSPS) is 13.3. The molecule has 27 heavy (non-hydrogen) atoms. The van der Waals surface area contributed by atoms with Crippen LogP contribution in [0.3, 0.4) is 0 Å². The Labute approximate surface area is 155 Å². The van der Waals surface area contributed by atoms with Crippen LogP contribution in [0.25, 0.3) is 0 Å². The minimum absolute atomic E-state index is 0.214. The van der Waals surface area contributed by atoms with Crippen LogP contribution < -0.4 is 10.5 Å². The molecule has 1 aromatic heterocycles. The number of oxazole rings is 1. The van der Waals surface area contributed by atoms with Crippen LogP contribution in [0.1, 0.15) is 27.7 Å². The van der Waals surface area contributed by atoms with E-state index in [1.165, 1.54) is 18.2 Å². The quantitative estimate of drug-likeness (QED) is 0.716. The van der Waals surface area contributed by atoms with Gasteiger partial charge in [-0.25, -0.2) is 9.37 Å². The van der Waals surface area contributed by atoms with E-state index in [9.17, 15) is 9.18 Å². The molecule has 7 heteroatoms. The third-order valence-corrected chi connectivity index (χ3v) is 4.34. The lowest BCUT2D eigenvalue weighted by molar-refractivity contribution is 0.0717. The Morgan fingerprint density at radius 2 is 2.07 bits per heavy atom. The highest BCUT2D eigenvalue weighted by Crippen LogP contribution is 2.23. The van der Waals surface area contributed by atoms with E-state index in [1.54, 1.807) is 4.90 Å². The highest BCUT2D eigenvalue weighted by atomic mass is 19.1. The maximum Gasteiger partial charge on any atom is 0.254 e. The lowest BCUT2D eigenvalue weighted by Gasteiger charge is -2.25.